The van der Waals surface area contributed by atoms with Crippen LogP contribution in [0, 0.1) is 0 Å². The fourth-order valence-corrected chi connectivity index (χ4v) is 1.11. The Morgan fingerprint density at radius 3 is 3.20 bits per heavy atom. The van der Waals surface area contributed by atoms with E-state index in [0.717, 1.165) is 11.5 Å². The molecule has 4 heteroatoms. The Bertz CT molecular complexity index is 199. The fraction of sp³-hybridized carbons (Fsp3) is 0.500. The Morgan fingerprint density at radius 2 is 2.60 bits per heavy atom. The summed E-state index contributed by atoms with van der Waals surface area (Å²) < 4.78 is 9.90. The van der Waals surface area contributed by atoms with Crippen LogP contribution in [-0.4, -0.2) is 12.1 Å². The van der Waals surface area contributed by atoms with Crippen molar-refractivity contribution in [3.63, 3.8) is 0 Å². The molecule has 0 amide bonds. The van der Waals surface area contributed by atoms with Gasteiger partial charge in [0.1, 0.15) is 6.61 Å². The van der Waals surface area contributed by atoms with Crippen LogP contribution < -0.4 is 0 Å². The third-order valence-electron chi connectivity index (χ3n) is 1.13. The summed E-state index contributed by atoms with van der Waals surface area (Å²) in [5, 5.41) is 0.711. The van der Waals surface area contributed by atoms with Crippen molar-refractivity contribution >= 4 is 15.9 Å². The van der Waals surface area contributed by atoms with Gasteiger partial charge in [-0.05, 0) is 0 Å². The normalized spacial score (nSPS) is 10.2. The van der Waals surface area contributed by atoms with E-state index in [9.17, 15) is 0 Å². The van der Waals surface area contributed by atoms with Gasteiger partial charge >= 0.3 is 0 Å². The molecule has 0 spiro atoms. The molecule has 56 valence electrons. The zero-order valence-electron chi connectivity index (χ0n) is 5.63. The number of hydrogen-bond acceptors (Lipinski definition) is 3. The lowest BCUT2D eigenvalue weighted by Gasteiger charge is -1.93. The van der Waals surface area contributed by atoms with E-state index in [-0.39, 0.29) is 0 Å². The van der Waals surface area contributed by atoms with Crippen molar-refractivity contribution in [1.82, 2.24) is 4.98 Å². The molecule has 0 aromatic carbocycles. The Kier molecular flexibility index (Phi) is 2.89. The van der Waals surface area contributed by atoms with Crippen molar-refractivity contribution in [2.45, 2.75) is 11.9 Å². The van der Waals surface area contributed by atoms with E-state index in [1.54, 1.807) is 7.11 Å². The third kappa shape index (κ3) is 1.58. The molecule has 0 bridgehead atoms. The average Bonchev–Trinajstić information content (AvgIpc) is 2.36. The lowest BCUT2D eigenvalue weighted by atomic mass is 10.4. The van der Waals surface area contributed by atoms with Gasteiger partial charge in [0.25, 0.3) is 0 Å². The number of ether oxygens (including phenoxy) is 1. The summed E-state index contributed by atoms with van der Waals surface area (Å²) in [6, 6.07) is 0. The van der Waals surface area contributed by atoms with Crippen LogP contribution >= 0.6 is 15.9 Å². The summed E-state index contributed by atoms with van der Waals surface area (Å²) in [6.07, 6.45) is 1.42. The molecule has 1 rings (SSSR count). The van der Waals surface area contributed by atoms with Gasteiger partial charge in [0, 0.05) is 12.4 Å². The maximum atomic E-state index is 5.03. The highest BCUT2D eigenvalue weighted by Gasteiger charge is 2.04. The van der Waals surface area contributed by atoms with E-state index >= 15 is 0 Å². The van der Waals surface area contributed by atoms with E-state index in [2.05, 4.69) is 20.9 Å². The van der Waals surface area contributed by atoms with Gasteiger partial charge in [0.2, 0.25) is 0 Å². The molecule has 0 aliphatic carbocycles. The summed E-state index contributed by atoms with van der Waals surface area (Å²) in [4.78, 5) is 3.96. The zero-order valence-corrected chi connectivity index (χ0v) is 7.22. The van der Waals surface area contributed by atoms with Gasteiger partial charge in [-0.15, -0.1) is 0 Å². The van der Waals surface area contributed by atoms with Crippen molar-refractivity contribution in [2.24, 2.45) is 0 Å². The van der Waals surface area contributed by atoms with Crippen LogP contribution in [0.1, 0.15) is 11.5 Å². The highest BCUT2D eigenvalue weighted by Crippen LogP contribution is 2.10. The molecule has 0 atom stereocenters. The quantitative estimate of drug-likeness (QED) is 0.706. The number of hydrogen-bond donors (Lipinski definition) is 0. The summed E-state index contributed by atoms with van der Waals surface area (Å²) in [5.41, 5.74) is 0.904. The molecule has 3 nitrogen and oxygen atoms in total. The Labute approximate surface area is 67.5 Å². The molecule has 1 aromatic rings. The van der Waals surface area contributed by atoms with Crippen LogP contribution in [0.5, 0.6) is 0 Å². The zero-order chi connectivity index (χ0) is 7.40. The number of rotatable bonds is 3. The molecule has 0 N–H and O–H groups in total. The number of nitrogens with zero attached hydrogens (tertiary/aromatic N) is 1. The number of alkyl halides is 1. The number of methoxy groups -OCH3 is 1. The number of aromatic nitrogens is 1. The minimum Gasteiger partial charge on any atom is -0.446 e. The first kappa shape index (κ1) is 7.75. The maximum absolute atomic E-state index is 5.03. The minimum atomic E-state index is 0.487. The van der Waals surface area contributed by atoms with Gasteiger partial charge in [-0.2, -0.15) is 0 Å². The average molecular weight is 206 g/mol. The summed E-state index contributed by atoms with van der Waals surface area (Å²) in [7, 11) is 1.63. The molecule has 0 saturated heterocycles. The molecule has 0 aliphatic heterocycles. The summed E-state index contributed by atoms with van der Waals surface area (Å²) in [5.74, 6) is 0.791. The topological polar surface area (TPSA) is 35.3 Å². The maximum Gasteiger partial charge on any atom is 0.181 e. The minimum absolute atomic E-state index is 0.487. The molecule has 0 fully saturated rings. The summed E-state index contributed by atoms with van der Waals surface area (Å²) >= 11 is 3.28. The lowest BCUT2D eigenvalue weighted by molar-refractivity contribution is 0.163. The van der Waals surface area contributed by atoms with E-state index < -0.39 is 0 Å². The summed E-state index contributed by atoms with van der Waals surface area (Å²) in [6.45, 7) is 0.487. The second-order valence-electron chi connectivity index (χ2n) is 1.79. The van der Waals surface area contributed by atoms with E-state index in [0.29, 0.717) is 11.9 Å². The van der Waals surface area contributed by atoms with Crippen molar-refractivity contribution < 1.29 is 9.15 Å². The van der Waals surface area contributed by atoms with Crippen molar-refractivity contribution in [1.29, 1.82) is 0 Å². The molecule has 0 aliphatic rings. The third-order valence-corrected chi connectivity index (χ3v) is 1.66. The van der Waals surface area contributed by atoms with E-state index in [4.69, 9.17) is 9.15 Å². The van der Waals surface area contributed by atoms with Gasteiger partial charge in [-0.25, -0.2) is 4.98 Å². The molecule has 0 radical (unpaired) electrons. The van der Waals surface area contributed by atoms with E-state index in [1.165, 1.54) is 6.39 Å². The lowest BCUT2D eigenvalue weighted by Crippen LogP contribution is -1.89. The Morgan fingerprint density at radius 1 is 1.80 bits per heavy atom. The van der Waals surface area contributed by atoms with Crippen molar-refractivity contribution in [3.8, 4) is 0 Å². The highest BCUT2D eigenvalue weighted by molar-refractivity contribution is 9.08. The highest BCUT2D eigenvalue weighted by atomic mass is 79.9. The van der Waals surface area contributed by atoms with Gasteiger partial charge in [0.15, 0.2) is 12.2 Å². The van der Waals surface area contributed by atoms with Crippen LogP contribution in [-0.2, 0) is 16.7 Å². The predicted molar refractivity (Wildman–Crippen MR) is 39.8 cm³/mol. The van der Waals surface area contributed by atoms with Crippen LogP contribution in [0.3, 0.4) is 0 Å². The van der Waals surface area contributed by atoms with Crippen LogP contribution in [0.25, 0.3) is 0 Å². The standard InChI is InChI=1S/C6H8BrNO2/c1-9-3-6-5(2-7)8-4-10-6/h4H,2-3H2,1H3. The largest absolute Gasteiger partial charge is 0.446 e. The molecule has 0 saturated carbocycles. The molecular formula is C6H8BrNO2. The van der Waals surface area contributed by atoms with Gasteiger partial charge in [0.05, 0.1) is 5.69 Å². The van der Waals surface area contributed by atoms with Crippen LogP contribution in [0.4, 0.5) is 0 Å². The first-order valence-corrected chi connectivity index (χ1v) is 3.96. The van der Waals surface area contributed by atoms with Gasteiger partial charge < -0.3 is 9.15 Å². The molecular weight excluding hydrogens is 198 g/mol. The van der Waals surface area contributed by atoms with Crippen LogP contribution in [0.15, 0.2) is 10.8 Å². The molecule has 10 heavy (non-hydrogen) atoms. The van der Waals surface area contributed by atoms with Gasteiger partial charge in [-0.1, -0.05) is 15.9 Å². The Hall–Kier alpha value is -0.350. The number of oxazole rings is 1. The number of halogens is 1. The van der Waals surface area contributed by atoms with Crippen molar-refractivity contribution in [2.75, 3.05) is 7.11 Å². The molecule has 0 unspecified atom stereocenters. The fourth-order valence-electron chi connectivity index (χ4n) is 0.651. The van der Waals surface area contributed by atoms with Crippen molar-refractivity contribution in [3.05, 3.63) is 17.8 Å². The molecule has 1 aromatic heterocycles. The first-order chi connectivity index (χ1) is 4.88. The molecule has 1 heterocycles. The second kappa shape index (κ2) is 3.73. The second-order valence-corrected chi connectivity index (χ2v) is 2.35. The predicted octanol–water partition coefficient (Wildman–Crippen LogP) is 1.72. The van der Waals surface area contributed by atoms with E-state index in [1.807, 2.05) is 0 Å². The first-order valence-electron chi connectivity index (χ1n) is 2.84. The SMILES string of the molecule is COCc1ocnc1CBr. The van der Waals surface area contributed by atoms with Gasteiger partial charge in [-0.3, -0.25) is 0 Å². The Balaban J connectivity index is 2.70. The van der Waals surface area contributed by atoms with Crippen LogP contribution in [0.2, 0.25) is 0 Å². The monoisotopic (exact) mass is 205 g/mol. The smallest absolute Gasteiger partial charge is 0.181 e.